The number of ether oxygens (including phenoxy) is 2. The van der Waals surface area contributed by atoms with E-state index in [0.29, 0.717) is 17.7 Å². The van der Waals surface area contributed by atoms with Crippen molar-refractivity contribution >= 4 is 22.7 Å². The van der Waals surface area contributed by atoms with Gasteiger partial charge in [-0.15, -0.1) is 0 Å². The number of carbonyl (C=O) groups is 2. The number of fused-ring (bicyclic) bond motifs is 1. The molecule has 112 valence electrons. The van der Waals surface area contributed by atoms with Gasteiger partial charge in [0.15, 0.2) is 5.78 Å². The van der Waals surface area contributed by atoms with Crippen LogP contribution in [0.3, 0.4) is 0 Å². The Labute approximate surface area is 123 Å². The topological polar surface area (TPSA) is 68.4 Å². The van der Waals surface area contributed by atoms with Crippen molar-refractivity contribution in [2.24, 2.45) is 5.92 Å². The molecule has 0 aliphatic rings. The second kappa shape index (κ2) is 6.10. The maximum atomic E-state index is 12.4. The van der Waals surface area contributed by atoms with Crippen LogP contribution < -0.4 is 0 Å². The van der Waals surface area contributed by atoms with Gasteiger partial charge in [0.1, 0.15) is 0 Å². The molecule has 1 aromatic heterocycles. The molecule has 0 aliphatic heterocycles. The van der Waals surface area contributed by atoms with Crippen LogP contribution in [0.2, 0.25) is 0 Å². The Kier molecular flexibility index (Phi) is 4.43. The monoisotopic (exact) mass is 289 g/mol. The SMILES string of the molecule is COCc1[nH]c2cc(C(=O)OC)ccc2c1C(=O)C(C)C. The van der Waals surface area contributed by atoms with Gasteiger partial charge in [0, 0.05) is 29.5 Å². The van der Waals surface area contributed by atoms with Crippen molar-refractivity contribution in [3.05, 3.63) is 35.0 Å². The molecule has 0 bridgehead atoms. The van der Waals surface area contributed by atoms with Crippen LogP contribution in [0.25, 0.3) is 10.9 Å². The predicted molar refractivity (Wildman–Crippen MR) is 79.5 cm³/mol. The number of ketones is 1. The Morgan fingerprint density at radius 2 is 1.95 bits per heavy atom. The van der Waals surface area contributed by atoms with E-state index in [1.54, 1.807) is 25.3 Å². The predicted octanol–water partition coefficient (Wildman–Crippen LogP) is 2.94. The highest BCUT2D eigenvalue weighted by atomic mass is 16.5. The molecule has 0 atom stereocenters. The summed E-state index contributed by atoms with van der Waals surface area (Å²) in [5.41, 5.74) is 2.54. The quantitative estimate of drug-likeness (QED) is 0.678. The number of aromatic amines is 1. The lowest BCUT2D eigenvalue weighted by atomic mass is 9.97. The van der Waals surface area contributed by atoms with Gasteiger partial charge < -0.3 is 14.5 Å². The molecule has 1 N–H and O–H groups in total. The third-order valence-electron chi connectivity index (χ3n) is 3.36. The minimum absolute atomic E-state index is 0.0547. The number of hydrogen-bond donors (Lipinski definition) is 1. The Morgan fingerprint density at radius 3 is 2.52 bits per heavy atom. The zero-order valence-electron chi connectivity index (χ0n) is 12.6. The van der Waals surface area contributed by atoms with E-state index in [0.717, 1.165) is 16.6 Å². The molecular weight excluding hydrogens is 270 g/mol. The largest absolute Gasteiger partial charge is 0.465 e. The van der Waals surface area contributed by atoms with Gasteiger partial charge in [-0.2, -0.15) is 0 Å². The maximum absolute atomic E-state index is 12.4. The van der Waals surface area contributed by atoms with Gasteiger partial charge in [0.05, 0.1) is 25.0 Å². The number of Topliss-reactive ketones (excluding diaryl/α,β-unsaturated/α-hetero) is 1. The summed E-state index contributed by atoms with van der Waals surface area (Å²) in [6, 6.07) is 5.12. The van der Waals surface area contributed by atoms with Crippen LogP contribution in [0.4, 0.5) is 0 Å². The van der Waals surface area contributed by atoms with Crippen LogP contribution in [0, 0.1) is 5.92 Å². The second-order valence-corrected chi connectivity index (χ2v) is 5.18. The normalized spacial score (nSPS) is 11.1. The van der Waals surface area contributed by atoms with E-state index in [4.69, 9.17) is 9.47 Å². The molecule has 0 aliphatic carbocycles. The number of rotatable bonds is 5. The molecule has 5 nitrogen and oxygen atoms in total. The highest BCUT2D eigenvalue weighted by Crippen LogP contribution is 2.27. The molecule has 1 aromatic carbocycles. The lowest BCUT2D eigenvalue weighted by Crippen LogP contribution is -2.10. The van der Waals surface area contributed by atoms with Crippen molar-refractivity contribution in [1.82, 2.24) is 4.98 Å². The summed E-state index contributed by atoms with van der Waals surface area (Å²) in [4.78, 5) is 27.2. The molecule has 0 saturated carbocycles. The summed E-state index contributed by atoms with van der Waals surface area (Å²) < 4.78 is 9.86. The van der Waals surface area contributed by atoms with Crippen molar-refractivity contribution in [1.29, 1.82) is 0 Å². The van der Waals surface area contributed by atoms with Gasteiger partial charge in [-0.05, 0) is 12.1 Å². The molecule has 5 heteroatoms. The molecule has 0 spiro atoms. The Hall–Kier alpha value is -2.14. The van der Waals surface area contributed by atoms with E-state index in [1.807, 2.05) is 13.8 Å². The average molecular weight is 289 g/mol. The number of aromatic nitrogens is 1. The van der Waals surface area contributed by atoms with Gasteiger partial charge in [0.2, 0.25) is 0 Å². The molecule has 0 fully saturated rings. The van der Waals surface area contributed by atoms with Crippen molar-refractivity contribution in [2.75, 3.05) is 14.2 Å². The fourth-order valence-electron chi connectivity index (χ4n) is 2.32. The van der Waals surface area contributed by atoms with Crippen LogP contribution in [-0.4, -0.2) is 31.0 Å². The second-order valence-electron chi connectivity index (χ2n) is 5.18. The van der Waals surface area contributed by atoms with E-state index in [-0.39, 0.29) is 11.7 Å². The zero-order chi connectivity index (χ0) is 15.6. The first-order valence-corrected chi connectivity index (χ1v) is 6.75. The Bertz CT molecular complexity index is 685. The van der Waals surface area contributed by atoms with E-state index in [9.17, 15) is 9.59 Å². The molecule has 0 amide bonds. The van der Waals surface area contributed by atoms with Crippen LogP contribution in [0.15, 0.2) is 18.2 Å². The van der Waals surface area contributed by atoms with Crippen molar-refractivity contribution < 1.29 is 19.1 Å². The van der Waals surface area contributed by atoms with Gasteiger partial charge in [-0.3, -0.25) is 4.79 Å². The molecule has 2 aromatic rings. The molecule has 0 unspecified atom stereocenters. The van der Waals surface area contributed by atoms with Crippen LogP contribution in [0.5, 0.6) is 0 Å². The Morgan fingerprint density at radius 1 is 1.24 bits per heavy atom. The summed E-state index contributed by atoms with van der Waals surface area (Å²) in [5, 5.41) is 0.799. The molecular formula is C16H19NO4. The number of carbonyl (C=O) groups excluding carboxylic acids is 2. The Balaban J connectivity index is 2.62. The summed E-state index contributed by atoms with van der Waals surface area (Å²) in [6.45, 7) is 4.04. The van der Waals surface area contributed by atoms with Crippen LogP contribution >= 0.6 is 0 Å². The van der Waals surface area contributed by atoms with E-state index < -0.39 is 5.97 Å². The fraction of sp³-hybridized carbons (Fsp3) is 0.375. The lowest BCUT2D eigenvalue weighted by molar-refractivity contribution is 0.0600. The van der Waals surface area contributed by atoms with Crippen LogP contribution in [0.1, 0.15) is 40.3 Å². The molecule has 0 radical (unpaired) electrons. The number of hydrogen-bond acceptors (Lipinski definition) is 4. The summed E-state index contributed by atoms with van der Waals surface area (Å²) >= 11 is 0. The highest BCUT2D eigenvalue weighted by Gasteiger charge is 2.21. The summed E-state index contributed by atoms with van der Waals surface area (Å²) in [6.07, 6.45) is 0. The van der Waals surface area contributed by atoms with Gasteiger partial charge in [0.25, 0.3) is 0 Å². The van der Waals surface area contributed by atoms with Gasteiger partial charge in [-0.25, -0.2) is 4.79 Å². The minimum Gasteiger partial charge on any atom is -0.465 e. The average Bonchev–Trinajstić information content (AvgIpc) is 2.82. The van der Waals surface area contributed by atoms with E-state index >= 15 is 0 Å². The number of benzene rings is 1. The fourth-order valence-corrected chi connectivity index (χ4v) is 2.32. The minimum atomic E-state index is -0.406. The van der Waals surface area contributed by atoms with Crippen molar-refractivity contribution in [3.8, 4) is 0 Å². The first-order chi connectivity index (χ1) is 9.99. The van der Waals surface area contributed by atoms with Gasteiger partial charge >= 0.3 is 5.97 Å². The van der Waals surface area contributed by atoms with Crippen molar-refractivity contribution in [2.45, 2.75) is 20.5 Å². The highest BCUT2D eigenvalue weighted by molar-refractivity contribution is 6.10. The van der Waals surface area contributed by atoms with E-state index in [2.05, 4.69) is 4.98 Å². The number of esters is 1. The third kappa shape index (κ3) is 2.83. The molecule has 21 heavy (non-hydrogen) atoms. The molecule has 2 rings (SSSR count). The lowest BCUT2D eigenvalue weighted by Gasteiger charge is -2.06. The zero-order valence-corrected chi connectivity index (χ0v) is 12.6. The number of H-pyrrole nitrogens is 1. The first-order valence-electron chi connectivity index (χ1n) is 6.75. The summed E-state index contributed by atoms with van der Waals surface area (Å²) in [7, 11) is 2.92. The number of nitrogens with one attached hydrogen (secondary N) is 1. The van der Waals surface area contributed by atoms with Gasteiger partial charge in [-0.1, -0.05) is 19.9 Å². The van der Waals surface area contributed by atoms with Crippen LogP contribution in [-0.2, 0) is 16.1 Å². The van der Waals surface area contributed by atoms with Crippen molar-refractivity contribution in [3.63, 3.8) is 0 Å². The standard InChI is InChI=1S/C16H19NO4/c1-9(2)15(18)14-11-6-5-10(16(19)21-4)7-12(11)17-13(14)8-20-3/h5-7,9,17H,8H2,1-4H3. The molecule has 1 heterocycles. The third-order valence-corrected chi connectivity index (χ3v) is 3.36. The first kappa shape index (κ1) is 15.3. The molecule has 0 saturated heterocycles. The summed E-state index contributed by atoms with van der Waals surface area (Å²) in [5.74, 6) is -0.462. The van der Waals surface area contributed by atoms with E-state index in [1.165, 1.54) is 7.11 Å². The maximum Gasteiger partial charge on any atom is 0.337 e. The number of methoxy groups -OCH3 is 2. The smallest absolute Gasteiger partial charge is 0.337 e.